The van der Waals surface area contributed by atoms with Gasteiger partial charge in [-0.05, 0) is 31.9 Å². The fraction of sp³-hybridized carbons (Fsp3) is 0.462. The predicted octanol–water partition coefficient (Wildman–Crippen LogP) is 1.34. The van der Waals surface area contributed by atoms with E-state index in [1.54, 1.807) is 19.1 Å². The van der Waals surface area contributed by atoms with Crippen LogP contribution in [0.25, 0.3) is 0 Å². The summed E-state index contributed by atoms with van der Waals surface area (Å²) in [6.07, 6.45) is 1.86. The molecule has 19 heavy (non-hydrogen) atoms. The second-order valence-corrected chi connectivity index (χ2v) is 5.10. The summed E-state index contributed by atoms with van der Waals surface area (Å²) in [4.78, 5) is 37.0. The highest BCUT2D eigenvalue weighted by atomic mass is 16.3. The number of nitrogens with one attached hydrogen (secondary N) is 1. The molecule has 2 heterocycles. The zero-order valence-corrected chi connectivity index (χ0v) is 10.6. The molecule has 0 unspecified atom stereocenters. The average molecular weight is 262 g/mol. The Morgan fingerprint density at radius 1 is 1.32 bits per heavy atom. The van der Waals surface area contributed by atoms with Gasteiger partial charge in [0.2, 0.25) is 11.8 Å². The van der Waals surface area contributed by atoms with Crippen molar-refractivity contribution < 1.29 is 18.8 Å². The third-order valence-electron chi connectivity index (χ3n) is 3.87. The summed E-state index contributed by atoms with van der Waals surface area (Å²) >= 11 is 0. The minimum atomic E-state index is -1.02. The van der Waals surface area contributed by atoms with E-state index >= 15 is 0 Å². The van der Waals surface area contributed by atoms with E-state index in [0.29, 0.717) is 24.4 Å². The van der Waals surface area contributed by atoms with E-state index in [4.69, 9.17) is 4.42 Å². The Labute approximate surface area is 109 Å². The van der Waals surface area contributed by atoms with Crippen LogP contribution >= 0.6 is 0 Å². The summed E-state index contributed by atoms with van der Waals surface area (Å²) < 4.78 is 5.37. The number of carbonyl (C=O) groups excluding carboxylic acids is 3. The molecule has 1 spiro atoms. The van der Waals surface area contributed by atoms with Gasteiger partial charge >= 0.3 is 6.03 Å². The van der Waals surface area contributed by atoms with Gasteiger partial charge in [-0.25, -0.2) is 4.79 Å². The minimum absolute atomic E-state index is 0.0630. The molecule has 1 saturated heterocycles. The highest BCUT2D eigenvalue weighted by molar-refractivity contribution is 6.19. The molecule has 2 fully saturated rings. The number of rotatable bonds is 2. The Kier molecular flexibility index (Phi) is 2.48. The van der Waals surface area contributed by atoms with Gasteiger partial charge in [-0.15, -0.1) is 0 Å². The van der Waals surface area contributed by atoms with Gasteiger partial charge in [0.1, 0.15) is 16.9 Å². The van der Waals surface area contributed by atoms with E-state index in [-0.39, 0.29) is 6.54 Å². The molecule has 1 aliphatic heterocycles. The number of amides is 4. The van der Waals surface area contributed by atoms with Crippen molar-refractivity contribution in [3.8, 4) is 0 Å². The summed E-state index contributed by atoms with van der Waals surface area (Å²) in [5, 5.41) is 2.27. The summed E-state index contributed by atoms with van der Waals surface area (Å²) in [5.74, 6) is 0.390. The highest BCUT2D eigenvalue weighted by Gasteiger charge is 2.57. The Morgan fingerprint density at radius 3 is 2.58 bits per heavy atom. The SMILES string of the molecule is Cc1ccc(CN2C(=O)NC(=O)C3(CCC3)C2=O)o1. The summed E-state index contributed by atoms with van der Waals surface area (Å²) in [6, 6.07) is 2.83. The number of carbonyl (C=O) groups is 3. The molecule has 1 aromatic rings. The van der Waals surface area contributed by atoms with Crippen molar-refractivity contribution in [3.05, 3.63) is 23.7 Å². The normalized spacial score (nSPS) is 21.5. The first-order chi connectivity index (χ1) is 9.03. The maximum absolute atomic E-state index is 12.4. The molecule has 100 valence electrons. The Balaban J connectivity index is 1.85. The first-order valence-electron chi connectivity index (χ1n) is 6.26. The van der Waals surface area contributed by atoms with E-state index < -0.39 is 23.3 Å². The Bertz CT molecular complexity index is 571. The first kappa shape index (κ1) is 12.0. The first-order valence-corrected chi connectivity index (χ1v) is 6.26. The average Bonchev–Trinajstić information content (AvgIpc) is 2.68. The van der Waals surface area contributed by atoms with Crippen LogP contribution in [0.3, 0.4) is 0 Å². The molecule has 0 atom stereocenters. The third kappa shape index (κ3) is 1.67. The molecule has 1 aliphatic carbocycles. The molecule has 2 aliphatic rings. The Hall–Kier alpha value is -2.11. The molecular weight excluding hydrogens is 248 g/mol. The van der Waals surface area contributed by atoms with E-state index in [9.17, 15) is 14.4 Å². The summed E-state index contributed by atoms with van der Waals surface area (Å²) in [6.45, 7) is 1.85. The summed E-state index contributed by atoms with van der Waals surface area (Å²) in [5.41, 5.74) is -1.02. The maximum Gasteiger partial charge on any atom is 0.331 e. The number of barbiturate groups is 1. The lowest BCUT2D eigenvalue weighted by Gasteiger charge is -2.44. The van der Waals surface area contributed by atoms with Crippen LogP contribution in [0.1, 0.15) is 30.8 Å². The number of urea groups is 1. The standard InChI is InChI=1S/C13H14N2O4/c1-8-3-4-9(19-8)7-15-11(17)13(5-2-6-13)10(16)14-12(15)18/h3-4H,2,5-7H2,1H3,(H,14,16,18). The second kappa shape index (κ2) is 3.94. The predicted molar refractivity (Wildman–Crippen MR) is 63.8 cm³/mol. The molecule has 0 bridgehead atoms. The molecule has 1 aromatic heterocycles. The van der Waals surface area contributed by atoms with Gasteiger partial charge in [0, 0.05) is 0 Å². The van der Waals surface area contributed by atoms with Gasteiger partial charge in [-0.1, -0.05) is 6.42 Å². The van der Waals surface area contributed by atoms with Gasteiger partial charge in [0.05, 0.1) is 6.54 Å². The smallest absolute Gasteiger partial charge is 0.331 e. The number of hydrogen-bond donors (Lipinski definition) is 1. The maximum atomic E-state index is 12.4. The number of imide groups is 2. The largest absolute Gasteiger partial charge is 0.464 e. The fourth-order valence-corrected chi connectivity index (χ4v) is 2.57. The quantitative estimate of drug-likeness (QED) is 0.815. The van der Waals surface area contributed by atoms with Gasteiger partial charge in [-0.3, -0.25) is 19.8 Å². The van der Waals surface area contributed by atoms with Crippen LogP contribution in [0.2, 0.25) is 0 Å². The van der Waals surface area contributed by atoms with Crippen LogP contribution < -0.4 is 5.32 Å². The van der Waals surface area contributed by atoms with Crippen molar-refractivity contribution in [1.82, 2.24) is 10.2 Å². The third-order valence-corrected chi connectivity index (χ3v) is 3.87. The number of aryl methyl sites for hydroxylation is 1. The zero-order valence-electron chi connectivity index (χ0n) is 10.6. The van der Waals surface area contributed by atoms with Gasteiger partial charge in [-0.2, -0.15) is 0 Å². The molecule has 1 saturated carbocycles. The van der Waals surface area contributed by atoms with E-state index in [1.165, 1.54) is 0 Å². The summed E-state index contributed by atoms with van der Waals surface area (Å²) in [7, 11) is 0. The van der Waals surface area contributed by atoms with Crippen LogP contribution in [0.4, 0.5) is 4.79 Å². The lowest BCUT2D eigenvalue weighted by Crippen LogP contribution is -2.65. The molecule has 6 nitrogen and oxygen atoms in total. The highest BCUT2D eigenvalue weighted by Crippen LogP contribution is 2.44. The minimum Gasteiger partial charge on any atom is -0.464 e. The topological polar surface area (TPSA) is 79.6 Å². The van der Waals surface area contributed by atoms with E-state index in [1.807, 2.05) is 0 Å². The van der Waals surface area contributed by atoms with Crippen molar-refractivity contribution in [2.24, 2.45) is 5.41 Å². The lowest BCUT2D eigenvalue weighted by atomic mass is 9.66. The van der Waals surface area contributed by atoms with Gasteiger partial charge in [0.15, 0.2) is 0 Å². The molecule has 3 rings (SSSR count). The van der Waals surface area contributed by atoms with Crippen LogP contribution in [0.15, 0.2) is 16.5 Å². The van der Waals surface area contributed by atoms with Gasteiger partial charge in [0.25, 0.3) is 0 Å². The Morgan fingerprint density at radius 2 is 2.05 bits per heavy atom. The van der Waals surface area contributed by atoms with Crippen LogP contribution in [-0.4, -0.2) is 22.7 Å². The van der Waals surface area contributed by atoms with E-state index in [2.05, 4.69) is 5.32 Å². The van der Waals surface area contributed by atoms with E-state index in [0.717, 1.165) is 11.3 Å². The molecule has 0 radical (unpaired) electrons. The number of furan rings is 1. The fourth-order valence-electron chi connectivity index (χ4n) is 2.57. The number of hydrogen-bond acceptors (Lipinski definition) is 4. The molecule has 0 aromatic carbocycles. The van der Waals surface area contributed by atoms with Crippen LogP contribution in [0.5, 0.6) is 0 Å². The zero-order chi connectivity index (χ0) is 13.6. The second-order valence-electron chi connectivity index (χ2n) is 5.10. The van der Waals surface area contributed by atoms with Gasteiger partial charge < -0.3 is 4.42 Å². The lowest BCUT2D eigenvalue weighted by molar-refractivity contribution is -0.158. The molecule has 6 heteroatoms. The van der Waals surface area contributed by atoms with Crippen molar-refractivity contribution in [1.29, 1.82) is 0 Å². The molecule has 4 amide bonds. The monoisotopic (exact) mass is 262 g/mol. The van der Waals surface area contributed by atoms with Crippen molar-refractivity contribution in [2.45, 2.75) is 32.7 Å². The van der Waals surface area contributed by atoms with Crippen molar-refractivity contribution >= 4 is 17.8 Å². The van der Waals surface area contributed by atoms with Crippen molar-refractivity contribution in [2.75, 3.05) is 0 Å². The van der Waals surface area contributed by atoms with Crippen LogP contribution in [0, 0.1) is 12.3 Å². The van der Waals surface area contributed by atoms with Crippen molar-refractivity contribution in [3.63, 3.8) is 0 Å². The molecule has 1 N–H and O–H groups in total. The van der Waals surface area contributed by atoms with Crippen LogP contribution in [-0.2, 0) is 16.1 Å². The number of nitrogens with zero attached hydrogens (tertiary/aromatic N) is 1. The molecular formula is C13H14N2O4.